The van der Waals surface area contributed by atoms with Crippen molar-refractivity contribution in [3.63, 3.8) is 0 Å². The molecule has 2 amide bonds. The number of carbonyl (C=O) groups excluding carboxylic acids is 2. The molecule has 3 unspecified atom stereocenters. The Morgan fingerprint density at radius 2 is 1.47 bits per heavy atom. The first-order chi connectivity index (χ1) is 23.5. The van der Waals surface area contributed by atoms with E-state index >= 15 is 0 Å². The highest BCUT2D eigenvalue weighted by molar-refractivity contribution is 5.80. The van der Waals surface area contributed by atoms with E-state index in [0.717, 1.165) is 33.6 Å². The fourth-order valence-electron chi connectivity index (χ4n) is 6.29. The van der Waals surface area contributed by atoms with Crippen molar-refractivity contribution in [3.05, 3.63) is 137 Å². The lowest BCUT2D eigenvalue weighted by atomic mass is 9.88. The molecular weight excluding hydrogens is 616 g/mol. The summed E-state index contributed by atoms with van der Waals surface area (Å²) in [6.45, 7) is 5.83. The molecule has 4 N–H and O–H groups in total. The van der Waals surface area contributed by atoms with Gasteiger partial charge >= 0.3 is 6.09 Å². The smallest absolute Gasteiger partial charge is 0.407 e. The Labute approximate surface area is 289 Å². The summed E-state index contributed by atoms with van der Waals surface area (Å²) in [5.74, 6) is -0.132. The fourth-order valence-corrected chi connectivity index (χ4v) is 6.29. The lowest BCUT2D eigenvalue weighted by Gasteiger charge is -2.29. The van der Waals surface area contributed by atoms with Crippen molar-refractivity contribution in [1.82, 2.24) is 10.6 Å². The molecule has 5 rings (SSSR count). The summed E-state index contributed by atoms with van der Waals surface area (Å²) in [7, 11) is 0. The van der Waals surface area contributed by atoms with Crippen LogP contribution in [0.15, 0.2) is 109 Å². The van der Waals surface area contributed by atoms with E-state index in [4.69, 9.17) is 9.47 Å². The quantitative estimate of drug-likeness (QED) is 0.123. The number of benzene rings is 4. The molecule has 0 heterocycles. The van der Waals surface area contributed by atoms with E-state index in [-0.39, 0.29) is 12.3 Å². The van der Waals surface area contributed by atoms with E-state index in [2.05, 4.69) is 10.6 Å². The number of rotatable bonds is 14. The molecular formula is C41H48N2O6. The molecule has 0 fully saturated rings. The van der Waals surface area contributed by atoms with Gasteiger partial charge in [0.1, 0.15) is 18.0 Å². The summed E-state index contributed by atoms with van der Waals surface area (Å²) in [6.07, 6.45) is -0.487. The fraction of sp³-hybridized carbons (Fsp3) is 0.366. The van der Waals surface area contributed by atoms with Crippen LogP contribution in [0.4, 0.5) is 4.79 Å². The molecule has 0 aliphatic heterocycles. The van der Waals surface area contributed by atoms with Crippen molar-refractivity contribution in [1.29, 1.82) is 0 Å². The molecule has 5 atom stereocenters. The van der Waals surface area contributed by atoms with Gasteiger partial charge in [0.15, 0.2) is 0 Å². The van der Waals surface area contributed by atoms with Crippen LogP contribution in [0.2, 0.25) is 0 Å². The van der Waals surface area contributed by atoms with Gasteiger partial charge in [-0.2, -0.15) is 0 Å². The molecule has 0 aromatic heterocycles. The molecule has 0 spiro atoms. The monoisotopic (exact) mass is 664 g/mol. The van der Waals surface area contributed by atoms with Gasteiger partial charge < -0.3 is 30.3 Å². The molecule has 0 saturated heterocycles. The Kier molecular flexibility index (Phi) is 12.1. The van der Waals surface area contributed by atoms with Gasteiger partial charge in [0, 0.05) is 12.3 Å². The van der Waals surface area contributed by atoms with Gasteiger partial charge in [-0.3, -0.25) is 4.79 Å². The van der Waals surface area contributed by atoms with Crippen LogP contribution in [0, 0.1) is 5.92 Å². The number of hydrogen-bond donors (Lipinski definition) is 4. The molecule has 1 aliphatic rings. The van der Waals surface area contributed by atoms with Crippen molar-refractivity contribution < 1.29 is 29.3 Å². The minimum Gasteiger partial charge on any atom is -0.489 e. The van der Waals surface area contributed by atoms with Crippen LogP contribution in [0.25, 0.3) is 0 Å². The van der Waals surface area contributed by atoms with Crippen LogP contribution in [0.1, 0.15) is 67.5 Å². The van der Waals surface area contributed by atoms with E-state index in [1.54, 1.807) is 20.8 Å². The SMILES string of the molecule is CC(C)(C)OC(=O)NC(CCc1ccc(OCc2ccccc2)cc1)C(O)CC(Cc1ccccc1)C(=O)N[C@@H]1c2ccccc2C[C@H]1O. The van der Waals surface area contributed by atoms with Gasteiger partial charge in [0.2, 0.25) is 5.91 Å². The standard InChI is InChI=1S/C41H48N2O6/c1-41(2,3)49-40(47)42-35(23-20-28-18-21-33(22-19-28)48-27-30-14-8-5-9-15-30)36(44)26-32(24-29-12-6-4-7-13-29)39(46)43-38-34-17-11-10-16-31(34)25-37(38)45/h4-19,21-22,32,35-38,44-45H,20,23-27H2,1-3H3,(H,42,47)(H,43,46)/t32?,35?,36?,37-,38-/m1/s1. The Bertz CT molecular complexity index is 1640. The van der Waals surface area contributed by atoms with Crippen molar-refractivity contribution in [2.75, 3.05) is 0 Å². The minimum absolute atomic E-state index is 0.0952. The average molecular weight is 665 g/mol. The molecule has 0 saturated carbocycles. The van der Waals surface area contributed by atoms with Crippen molar-refractivity contribution in [3.8, 4) is 5.75 Å². The van der Waals surface area contributed by atoms with Crippen LogP contribution in [-0.2, 0) is 35.4 Å². The van der Waals surface area contributed by atoms with Gasteiger partial charge in [0.25, 0.3) is 0 Å². The highest BCUT2D eigenvalue weighted by atomic mass is 16.6. The number of alkyl carbamates (subject to hydrolysis) is 1. The number of hydrogen-bond acceptors (Lipinski definition) is 6. The first-order valence-corrected chi connectivity index (χ1v) is 17.1. The molecule has 4 aromatic rings. The largest absolute Gasteiger partial charge is 0.489 e. The van der Waals surface area contributed by atoms with Gasteiger partial charge in [-0.05, 0) is 86.4 Å². The molecule has 0 radical (unpaired) electrons. The van der Waals surface area contributed by atoms with Crippen LogP contribution >= 0.6 is 0 Å². The van der Waals surface area contributed by atoms with E-state index in [1.165, 1.54) is 0 Å². The number of fused-ring (bicyclic) bond motifs is 1. The minimum atomic E-state index is -1.05. The second-order valence-corrected chi connectivity index (χ2v) is 13.9. The zero-order valence-corrected chi connectivity index (χ0v) is 28.5. The zero-order valence-electron chi connectivity index (χ0n) is 28.5. The topological polar surface area (TPSA) is 117 Å². The van der Waals surface area contributed by atoms with Crippen LogP contribution in [0.3, 0.4) is 0 Å². The molecule has 8 heteroatoms. The van der Waals surface area contributed by atoms with Gasteiger partial charge in [-0.25, -0.2) is 4.79 Å². The Hall–Kier alpha value is -4.66. The molecule has 49 heavy (non-hydrogen) atoms. The second kappa shape index (κ2) is 16.6. The van der Waals surface area contributed by atoms with Gasteiger partial charge in [-0.15, -0.1) is 0 Å². The lowest BCUT2D eigenvalue weighted by Crippen LogP contribution is -2.48. The highest BCUT2D eigenvalue weighted by Gasteiger charge is 2.35. The normalized spacial score (nSPS) is 17.3. The number of aryl methyl sites for hydroxylation is 1. The van der Waals surface area contributed by atoms with Crippen molar-refractivity contribution in [2.24, 2.45) is 5.92 Å². The summed E-state index contributed by atoms with van der Waals surface area (Å²) in [5.41, 5.74) is 4.25. The highest BCUT2D eigenvalue weighted by Crippen LogP contribution is 2.32. The maximum atomic E-state index is 13.9. The number of nitrogens with one attached hydrogen (secondary N) is 2. The predicted molar refractivity (Wildman–Crippen MR) is 190 cm³/mol. The van der Waals surface area contributed by atoms with Crippen LogP contribution in [0.5, 0.6) is 5.75 Å². The van der Waals surface area contributed by atoms with Crippen molar-refractivity contribution >= 4 is 12.0 Å². The number of ether oxygens (including phenoxy) is 2. The van der Waals surface area contributed by atoms with E-state index in [1.807, 2.05) is 109 Å². The summed E-state index contributed by atoms with van der Waals surface area (Å²) >= 11 is 0. The van der Waals surface area contributed by atoms with Crippen molar-refractivity contribution in [2.45, 2.75) is 89.4 Å². The van der Waals surface area contributed by atoms with Crippen LogP contribution < -0.4 is 15.4 Å². The third-order valence-corrected chi connectivity index (χ3v) is 8.81. The molecule has 4 aromatic carbocycles. The summed E-state index contributed by atoms with van der Waals surface area (Å²) in [6, 6.07) is 33.9. The summed E-state index contributed by atoms with van der Waals surface area (Å²) < 4.78 is 11.5. The first kappa shape index (κ1) is 35.6. The van der Waals surface area contributed by atoms with E-state index in [0.29, 0.717) is 32.3 Å². The van der Waals surface area contributed by atoms with Gasteiger partial charge in [-0.1, -0.05) is 97.1 Å². The van der Waals surface area contributed by atoms with Gasteiger partial charge in [0.05, 0.1) is 24.3 Å². The van der Waals surface area contributed by atoms with E-state index < -0.39 is 41.9 Å². The number of amides is 2. The lowest BCUT2D eigenvalue weighted by molar-refractivity contribution is -0.127. The van der Waals surface area contributed by atoms with E-state index in [9.17, 15) is 19.8 Å². The second-order valence-electron chi connectivity index (χ2n) is 13.9. The third kappa shape index (κ3) is 10.7. The average Bonchev–Trinajstić information content (AvgIpc) is 3.40. The molecule has 8 nitrogen and oxygen atoms in total. The maximum Gasteiger partial charge on any atom is 0.407 e. The maximum absolute atomic E-state index is 13.9. The summed E-state index contributed by atoms with van der Waals surface area (Å²) in [5, 5.41) is 28.5. The molecule has 0 bridgehead atoms. The molecule has 1 aliphatic carbocycles. The molecule has 258 valence electrons. The number of aliphatic hydroxyl groups is 2. The number of aliphatic hydroxyl groups excluding tert-OH is 2. The third-order valence-electron chi connectivity index (χ3n) is 8.81. The Balaban J connectivity index is 1.28. The number of carbonyl (C=O) groups is 2. The predicted octanol–water partition coefficient (Wildman–Crippen LogP) is 6.48. The van der Waals surface area contributed by atoms with Crippen LogP contribution in [-0.4, -0.2) is 46.1 Å². The Morgan fingerprint density at radius 3 is 2.14 bits per heavy atom. The first-order valence-electron chi connectivity index (χ1n) is 17.1. The zero-order chi connectivity index (χ0) is 34.8. The summed E-state index contributed by atoms with van der Waals surface area (Å²) in [4.78, 5) is 26.9. The Morgan fingerprint density at radius 1 is 0.837 bits per heavy atom.